The van der Waals surface area contributed by atoms with E-state index in [-0.39, 0.29) is 0 Å². The quantitative estimate of drug-likeness (QED) is 0.135. The molecule has 0 N–H and O–H groups in total. The van der Waals surface area contributed by atoms with Crippen LogP contribution in [0.1, 0.15) is 75.6 Å². The van der Waals surface area contributed by atoms with Gasteiger partial charge in [0.05, 0.1) is 28.8 Å². The van der Waals surface area contributed by atoms with Gasteiger partial charge >= 0.3 is 539 Å². The molecule has 0 aromatic carbocycles. The Kier molecular flexibility index (Phi) is 22.3. The van der Waals surface area contributed by atoms with E-state index in [0.29, 0.717) is 145 Å². The van der Waals surface area contributed by atoms with Gasteiger partial charge in [0.2, 0.25) is 0 Å². The van der Waals surface area contributed by atoms with Gasteiger partial charge in [-0.3, -0.25) is 0 Å². The Bertz CT molecular complexity index is 5590. The molecule has 10 nitrogen and oxygen atoms in total. The van der Waals surface area contributed by atoms with Crippen LogP contribution in [0.4, 0.5) is 0 Å². The summed E-state index contributed by atoms with van der Waals surface area (Å²) >= 11 is 27.5. The molecule has 0 aliphatic heterocycles. The fourth-order valence-corrected chi connectivity index (χ4v) is 52.5. The molecule has 0 spiro atoms. The zero-order chi connectivity index (χ0) is 72.0. The summed E-state index contributed by atoms with van der Waals surface area (Å²) in [5, 5.41) is 4.66. The number of fused-ring (bicyclic) bond motifs is 24. The zero-order valence-electron chi connectivity index (χ0n) is 58.0. The first-order valence-corrected chi connectivity index (χ1v) is 58.9. The Morgan fingerprint density at radius 3 is 1.07 bits per heavy atom. The SMILES string of the molecule is Cc1cc2[se]c3cc(C)sc3c2s1.Cc1cc2oc3cc(C)[se]c3c2[se]1.Cc1cc2sc3cc(C)[se]c3c2[se]1.Cc1cc2sc3cc(C)sc3c2s1.Cc1nc2[se]c3nc(C)sc3c2s1.Cc1nc2oc3nc(C)[se]c3c2[se]1.Cc1nc2sc3nc(C)[se]c3c2[se]1.Cc1nc2sc3nc(C)sc3c2s1. The van der Waals surface area contributed by atoms with Gasteiger partial charge in [-0.15, -0.1) is 56.7 Å². The number of hydrogen-bond acceptors (Lipinski definition) is 22. The molecule has 0 aliphatic rings. The summed E-state index contributed by atoms with van der Waals surface area (Å²) in [5.74, 6) is 0. The van der Waals surface area contributed by atoms with Gasteiger partial charge in [-0.1, -0.05) is 11.3 Å². The largest absolute Gasteiger partial charge is 0.230 e. The van der Waals surface area contributed by atoms with Gasteiger partial charge in [-0.25, -0.2) is 9.97 Å². The Labute approximate surface area is 703 Å². The number of aromatic nitrogens is 8. The molecule has 0 saturated heterocycles. The summed E-state index contributed by atoms with van der Waals surface area (Å²) in [7, 11) is 0. The smallest absolute Gasteiger partial charge is 0.138 e. The van der Waals surface area contributed by atoms with Gasteiger partial charge in [0.1, 0.15) is 9.66 Å². The van der Waals surface area contributed by atoms with Crippen molar-refractivity contribution in [2.24, 2.45) is 0 Å². The molecule has 24 rings (SSSR count). The van der Waals surface area contributed by atoms with Gasteiger partial charge in [0.15, 0.2) is 0 Å². The molecule has 32 heteroatoms. The van der Waals surface area contributed by atoms with E-state index in [2.05, 4.69) is 199 Å². The van der Waals surface area contributed by atoms with Crippen molar-refractivity contribution in [2.45, 2.75) is 111 Å². The molecule has 0 unspecified atom stereocenters. The molecular formula is C72H56N8O2S12Se10. The fraction of sp³-hybridized carbons (Fsp3) is 0.222. The molecule has 104 heavy (non-hydrogen) atoms. The van der Waals surface area contributed by atoms with Gasteiger partial charge in [-0.05, 0) is 39.8 Å². The first-order chi connectivity index (χ1) is 49.9. The maximum atomic E-state index is 5.79. The minimum absolute atomic E-state index is 0.375. The van der Waals surface area contributed by atoms with Crippen LogP contribution in [0.15, 0.2) is 57.4 Å². The number of nitrogens with zero attached hydrogens (tertiary/aromatic N) is 8. The van der Waals surface area contributed by atoms with Crippen LogP contribution >= 0.6 is 136 Å². The van der Waals surface area contributed by atoms with E-state index in [4.69, 9.17) is 8.83 Å². The monoisotopic (exact) mass is 2250 g/mol. The predicted octanol–water partition coefficient (Wildman–Crippen LogP) is 22.5. The average Bonchev–Trinajstić information content (AvgIpc) is 1.71. The summed E-state index contributed by atoms with van der Waals surface area (Å²) < 4.78 is 58.2. The minimum Gasteiger partial charge on any atom is -0.230 e. The molecule has 0 fully saturated rings. The maximum Gasteiger partial charge on any atom is 0.138 e. The van der Waals surface area contributed by atoms with Gasteiger partial charge in [-0.2, -0.15) is 0 Å². The van der Waals surface area contributed by atoms with E-state index in [9.17, 15) is 0 Å². The normalized spacial score (nSPS) is 11.8. The number of furan rings is 2. The second-order valence-electron chi connectivity index (χ2n) is 24.2. The molecule has 0 radical (unpaired) electrons. The average molecular weight is 2240 g/mol. The second kappa shape index (κ2) is 30.8. The first kappa shape index (κ1) is 75.3. The van der Waals surface area contributed by atoms with E-state index in [1.165, 1.54) is 138 Å². The maximum absolute atomic E-state index is 5.79. The first-order valence-electron chi connectivity index (χ1n) is 32.0. The zero-order valence-corrected chi connectivity index (χ0v) is 84.9. The summed E-state index contributed by atoms with van der Waals surface area (Å²) in [4.78, 5) is 46.3. The van der Waals surface area contributed by atoms with Gasteiger partial charge < -0.3 is 0 Å². The predicted molar refractivity (Wildman–Crippen MR) is 478 cm³/mol. The van der Waals surface area contributed by atoms with Gasteiger partial charge in [0.25, 0.3) is 0 Å². The Morgan fingerprint density at radius 1 is 0.240 bits per heavy atom. The van der Waals surface area contributed by atoms with Crippen LogP contribution < -0.4 is 0 Å². The molecular weight excluding hydrogens is 2180 g/mol. The molecule has 0 bridgehead atoms. The van der Waals surface area contributed by atoms with Crippen molar-refractivity contribution in [2.75, 3.05) is 0 Å². The molecule has 0 aliphatic carbocycles. The van der Waals surface area contributed by atoms with Crippen LogP contribution in [0.25, 0.3) is 150 Å². The van der Waals surface area contributed by atoms with Gasteiger partial charge in [0, 0.05) is 19.2 Å². The number of aryl methyl sites for hydroxylation is 16. The number of rotatable bonds is 0. The van der Waals surface area contributed by atoms with Crippen molar-refractivity contribution in [1.29, 1.82) is 0 Å². The van der Waals surface area contributed by atoms with Crippen LogP contribution in [0, 0.1) is 111 Å². The number of thiophene rings is 8. The van der Waals surface area contributed by atoms with Crippen LogP contribution in [-0.2, 0) is 0 Å². The second-order valence-corrected chi connectivity index (χ2v) is 63.1. The fourth-order valence-electron chi connectivity index (χ4n) is 11.6. The van der Waals surface area contributed by atoms with E-state index < -0.39 is 0 Å². The third-order valence-electron chi connectivity index (χ3n) is 15.5. The Hall–Kier alpha value is -1.45. The topological polar surface area (TPSA) is 129 Å². The molecule has 0 atom stereocenters. The van der Waals surface area contributed by atoms with E-state index in [1.54, 1.807) is 90.1 Å². The van der Waals surface area contributed by atoms with Crippen molar-refractivity contribution in [1.82, 2.24) is 39.9 Å². The van der Waals surface area contributed by atoms with Crippen molar-refractivity contribution in [3.8, 4) is 0 Å². The van der Waals surface area contributed by atoms with E-state index in [0.717, 1.165) is 42.3 Å². The summed E-state index contributed by atoms with van der Waals surface area (Å²) in [6.45, 7) is 34.4. The number of hydrogen-bond donors (Lipinski definition) is 0. The number of thiazole rings is 4. The molecule has 24 aromatic heterocycles. The van der Waals surface area contributed by atoms with Crippen molar-refractivity contribution in [3.63, 3.8) is 0 Å². The van der Waals surface area contributed by atoms with Crippen molar-refractivity contribution >= 4 is 431 Å². The molecule has 24 heterocycles. The standard InChI is InChI=1S/C10H8OSe2.C10H8S3.C10H8S2Se.C10H8SSe2.C8H6N2OSe2.C8H6N2S3.C8H6N2S2Se.C8H6N2SSe2/c1-5-3-7-9(12-5)10-8(11-7)4-6(2)13-10;2*1-5-3-7-9(11-5)10-8(13-7)4-6(2)12-10;1-5-3-7-9(12-5)10-8(11-7)4-6(2)13-10;1-3-9-7-5(12-3)6-8(11-7)10-4(2)13-6;2*1-3-9-7-5(11-3)6-8(13-7)10-4(2)12-6;1-3-9-7-5(12-3)6-8(11-7)10-4(2)13-6/h4*3-4H,1-2H3;4*1-2H3. The summed E-state index contributed by atoms with van der Waals surface area (Å²) in [5.41, 5.74) is 3.96. The summed E-state index contributed by atoms with van der Waals surface area (Å²) in [6.07, 6.45) is 0. The summed E-state index contributed by atoms with van der Waals surface area (Å²) in [6, 6.07) is 18.5. The Balaban J connectivity index is 0.0000000879. The van der Waals surface area contributed by atoms with Crippen LogP contribution in [0.5, 0.6) is 0 Å². The van der Waals surface area contributed by atoms with E-state index >= 15 is 0 Å². The van der Waals surface area contributed by atoms with Crippen molar-refractivity contribution < 1.29 is 8.83 Å². The minimum atomic E-state index is 0.375. The molecule has 0 saturated carbocycles. The molecule has 0 amide bonds. The molecule has 24 aromatic rings. The third kappa shape index (κ3) is 15.4. The van der Waals surface area contributed by atoms with E-state index in [1.807, 2.05) is 90.7 Å². The van der Waals surface area contributed by atoms with Crippen LogP contribution in [-0.4, -0.2) is 185 Å². The van der Waals surface area contributed by atoms with Crippen LogP contribution in [0.3, 0.4) is 0 Å². The molecule has 528 valence electrons. The third-order valence-corrected chi connectivity index (χ3v) is 55.3. The Morgan fingerprint density at radius 2 is 0.606 bits per heavy atom. The van der Waals surface area contributed by atoms with Crippen LogP contribution in [0.2, 0.25) is 0 Å². The van der Waals surface area contributed by atoms with Crippen molar-refractivity contribution in [3.05, 3.63) is 124 Å².